The van der Waals surface area contributed by atoms with Crippen LogP contribution in [0.4, 0.5) is 0 Å². The van der Waals surface area contributed by atoms with Gasteiger partial charge in [-0.05, 0) is 38.9 Å². The number of aromatic amines is 1. The monoisotopic (exact) mass is 356 g/mol. The van der Waals surface area contributed by atoms with Gasteiger partial charge in [-0.25, -0.2) is 0 Å². The minimum Gasteiger partial charge on any atom is -0.394 e. The van der Waals surface area contributed by atoms with Crippen LogP contribution in [0, 0.1) is 4.77 Å². The summed E-state index contributed by atoms with van der Waals surface area (Å²) >= 11 is 5.31. The van der Waals surface area contributed by atoms with E-state index < -0.39 is 24.2 Å². The van der Waals surface area contributed by atoms with Crippen molar-refractivity contribution in [2.75, 3.05) is 6.61 Å². The van der Waals surface area contributed by atoms with E-state index in [4.69, 9.17) is 26.4 Å². The highest BCUT2D eigenvalue weighted by Gasteiger charge is 2.55. The molecule has 2 aliphatic rings. The molecule has 2 N–H and O–H groups in total. The number of H-pyrrole nitrogens is 1. The van der Waals surface area contributed by atoms with Crippen LogP contribution < -0.4 is 5.56 Å². The molecule has 3 rings (SSSR count). The van der Waals surface area contributed by atoms with E-state index in [1.54, 1.807) is 10.8 Å². The van der Waals surface area contributed by atoms with E-state index in [1.807, 2.05) is 13.8 Å². The summed E-state index contributed by atoms with van der Waals surface area (Å²) in [4.78, 5) is 14.8. The lowest BCUT2D eigenvalue weighted by Gasteiger charge is -2.25. The van der Waals surface area contributed by atoms with Crippen LogP contribution in [0.15, 0.2) is 11.0 Å². The Labute approximate surface area is 145 Å². The fourth-order valence-corrected chi connectivity index (χ4v) is 3.54. The highest BCUT2D eigenvalue weighted by atomic mass is 32.1. The van der Waals surface area contributed by atoms with Gasteiger partial charge in [0.2, 0.25) is 0 Å². The number of rotatable bonds is 5. The summed E-state index contributed by atoms with van der Waals surface area (Å²) in [5.74, 6) is -0.750. The Bertz CT molecular complexity index is 713. The SMILES string of the molecule is CCCCc1cn([C@@H]2O[C@H](CO)[C@H]3OC(C)(C)O[C@H]32)c(=S)[nH]c1=O. The van der Waals surface area contributed by atoms with Gasteiger partial charge in [-0.1, -0.05) is 13.3 Å². The summed E-state index contributed by atoms with van der Waals surface area (Å²) in [6, 6.07) is 0. The second-order valence-electron chi connectivity index (χ2n) is 6.74. The fourth-order valence-electron chi connectivity index (χ4n) is 3.29. The molecule has 3 heterocycles. The molecule has 1 aromatic heterocycles. The van der Waals surface area contributed by atoms with Crippen molar-refractivity contribution >= 4 is 12.2 Å². The molecule has 2 fully saturated rings. The smallest absolute Gasteiger partial charge is 0.254 e. The molecule has 1 aromatic rings. The van der Waals surface area contributed by atoms with Gasteiger partial charge in [-0.15, -0.1) is 0 Å². The largest absolute Gasteiger partial charge is 0.394 e. The highest BCUT2D eigenvalue weighted by Crippen LogP contribution is 2.42. The van der Waals surface area contributed by atoms with Crippen molar-refractivity contribution in [1.82, 2.24) is 9.55 Å². The number of ether oxygens (including phenoxy) is 3. The molecule has 0 unspecified atom stereocenters. The molecule has 4 atom stereocenters. The Morgan fingerprint density at radius 3 is 2.75 bits per heavy atom. The van der Waals surface area contributed by atoms with Crippen LogP contribution in [0.1, 0.15) is 45.4 Å². The summed E-state index contributed by atoms with van der Waals surface area (Å²) in [6.07, 6.45) is 2.53. The second kappa shape index (κ2) is 6.68. The van der Waals surface area contributed by atoms with Crippen molar-refractivity contribution in [2.45, 2.75) is 70.4 Å². The van der Waals surface area contributed by atoms with Crippen molar-refractivity contribution < 1.29 is 19.3 Å². The van der Waals surface area contributed by atoms with Crippen molar-refractivity contribution in [3.05, 3.63) is 26.9 Å². The minimum absolute atomic E-state index is 0.165. The normalized spacial score (nSPS) is 31.3. The zero-order chi connectivity index (χ0) is 17.5. The number of nitrogens with zero attached hydrogens (tertiary/aromatic N) is 1. The lowest BCUT2D eigenvalue weighted by Crippen LogP contribution is -2.31. The van der Waals surface area contributed by atoms with Crippen LogP contribution in [-0.2, 0) is 20.6 Å². The topological polar surface area (TPSA) is 85.7 Å². The van der Waals surface area contributed by atoms with Crippen LogP contribution in [0.3, 0.4) is 0 Å². The van der Waals surface area contributed by atoms with Crippen LogP contribution in [-0.4, -0.2) is 45.4 Å². The lowest BCUT2D eigenvalue weighted by atomic mass is 10.1. The molecule has 0 saturated carbocycles. The Balaban J connectivity index is 1.96. The fraction of sp³-hybridized carbons (Fsp3) is 0.750. The number of hydrogen-bond donors (Lipinski definition) is 2. The second-order valence-corrected chi connectivity index (χ2v) is 7.12. The maximum atomic E-state index is 12.1. The first kappa shape index (κ1) is 17.8. The molecule has 134 valence electrons. The number of unbranched alkanes of at least 4 members (excludes halogenated alkanes) is 1. The third kappa shape index (κ3) is 3.21. The number of aromatic nitrogens is 2. The van der Waals surface area contributed by atoms with E-state index in [0.717, 1.165) is 12.8 Å². The van der Waals surface area contributed by atoms with Gasteiger partial charge < -0.3 is 19.3 Å². The van der Waals surface area contributed by atoms with E-state index in [2.05, 4.69) is 11.9 Å². The third-order valence-electron chi connectivity index (χ3n) is 4.42. The van der Waals surface area contributed by atoms with E-state index in [-0.39, 0.29) is 23.0 Å². The Morgan fingerprint density at radius 2 is 2.08 bits per heavy atom. The maximum Gasteiger partial charge on any atom is 0.254 e. The van der Waals surface area contributed by atoms with E-state index in [9.17, 15) is 9.90 Å². The lowest BCUT2D eigenvalue weighted by molar-refractivity contribution is -0.200. The van der Waals surface area contributed by atoms with Gasteiger partial charge >= 0.3 is 0 Å². The zero-order valence-electron chi connectivity index (χ0n) is 14.2. The highest BCUT2D eigenvalue weighted by molar-refractivity contribution is 7.71. The van der Waals surface area contributed by atoms with Gasteiger partial charge in [0.25, 0.3) is 5.56 Å². The minimum atomic E-state index is -0.750. The summed E-state index contributed by atoms with van der Waals surface area (Å²) in [5.41, 5.74) is 0.498. The summed E-state index contributed by atoms with van der Waals surface area (Å²) in [7, 11) is 0. The molecule has 0 spiro atoms. The molecule has 2 saturated heterocycles. The van der Waals surface area contributed by atoms with Crippen LogP contribution in [0.2, 0.25) is 0 Å². The molecule has 0 aliphatic carbocycles. The molecule has 8 heteroatoms. The quantitative estimate of drug-likeness (QED) is 0.781. The van der Waals surface area contributed by atoms with Crippen molar-refractivity contribution in [2.24, 2.45) is 0 Å². The Hall–Kier alpha value is -1.06. The summed E-state index contributed by atoms with van der Waals surface area (Å²) in [6.45, 7) is 5.56. The van der Waals surface area contributed by atoms with E-state index in [0.29, 0.717) is 12.0 Å². The molecular formula is C16H24N2O5S. The Morgan fingerprint density at radius 1 is 1.38 bits per heavy atom. The van der Waals surface area contributed by atoms with Gasteiger partial charge in [0.05, 0.1) is 6.61 Å². The number of fused-ring (bicyclic) bond motifs is 1. The Kier molecular flexibility index (Phi) is 4.94. The summed E-state index contributed by atoms with van der Waals surface area (Å²) < 4.78 is 19.7. The predicted octanol–water partition coefficient (Wildman–Crippen LogP) is 1.66. The van der Waals surface area contributed by atoms with Crippen LogP contribution in [0.25, 0.3) is 0 Å². The number of nitrogens with one attached hydrogen (secondary N) is 1. The number of aliphatic hydroxyl groups is 1. The number of aliphatic hydroxyl groups excluding tert-OH is 1. The standard InChI is InChI=1S/C16H24N2O5S/c1-4-5-6-9-7-18(15(24)17-13(9)20)14-12-11(10(8-19)21-14)22-16(2,3)23-12/h7,10-12,14,19H,4-6,8H2,1-3H3,(H,17,20,24)/t10-,11-,12-,14-/m1/s1. The zero-order valence-corrected chi connectivity index (χ0v) is 15.0. The third-order valence-corrected chi connectivity index (χ3v) is 4.73. The molecule has 0 amide bonds. The number of aryl methyl sites for hydroxylation is 1. The summed E-state index contributed by atoms with van der Waals surface area (Å²) in [5, 5.41) is 9.58. The van der Waals surface area contributed by atoms with Crippen molar-refractivity contribution in [3.63, 3.8) is 0 Å². The molecule has 0 aromatic carbocycles. The average Bonchev–Trinajstić information content (AvgIpc) is 2.99. The van der Waals surface area contributed by atoms with Crippen LogP contribution in [0.5, 0.6) is 0 Å². The first-order chi connectivity index (χ1) is 11.4. The molecule has 0 bridgehead atoms. The van der Waals surface area contributed by atoms with Gasteiger partial charge in [0.15, 0.2) is 16.8 Å². The predicted molar refractivity (Wildman–Crippen MR) is 89.3 cm³/mol. The molecule has 24 heavy (non-hydrogen) atoms. The van der Waals surface area contributed by atoms with Crippen molar-refractivity contribution in [3.8, 4) is 0 Å². The first-order valence-electron chi connectivity index (χ1n) is 8.32. The van der Waals surface area contributed by atoms with Gasteiger partial charge in [0.1, 0.15) is 18.3 Å². The number of hydrogen-bond acceptors (Lipinski definition) is 6. The van der Waals surface area contributed by atoms with Crippen molar-refractivity contribution in [1.29, 1.82) is 0 Å². The average molecular weight is 356 g/mol. The van der Waals surface area contributed by atoms with Gasteiger partial charge in [-0.3, -0.25) is 14.3 Å². The first-order valence-corrected chi connectivity index (χ1v) is 8.73. The molecular weight excluding hydrogens is 332 g/mol. The molecule has 0 radical (unpaired) electrons. The van der Waals surface area contributed by atoms with Gasteiger partial charge in [-0.2, -0.15) is 0 Å². The van der Waals surface area contributed by atoms with Crippen LogP contribution >= 0.6 is 12.2 Å². The molecule has 2 aliphatic heterocycles. The van der Waals surface area contributed by atoms with Gasteiger partial charge in [0, 0.05) is 11.8 Å². The van der Waals surface area contributed by atoms with E-state index in [1.165, 1.54) is 0 Å². The maximum absolute atomic E-state index is 12.1. The van der Waals surface area contributed by atoms with E-state index >= 15 is 0 Å². The molecule has 7 nitrogen and oxygen atoms in total.